The lowest BCUT2D eigenvalue weighted by molar-refractivity contribution is -0.130. The highest BCUT2D eigenvalue weighted by molar-refractivity contribution is 8.01. The van der Waals surface area contributed by atoms with Gasteiger partial charge in [-0.25, -0.2) is 4.79 Å². The number of hydrogen-bond acceptors (Lipinski definition) is 4. The second-order valence-corrected chi connectivity index (χ2v) is 10.5. The summed E-state index contributed by atoms with van der Waals surface area (Å²) in [6.07, 6.45) is 0. The maximum atomic E-state index is 12.7. The molecule has 0 spiro atoms. The first kappa shape index (κ1) is 21.1. The number of amides is 3. The molecule has 5 nitrogen and oxygen atoms in total. The van der Waals surface area contributed by atoms with Crippen molar-refractivity contribution in [3.63, 3.8) is 0 Å². The Labute approximate surface area is 165 Å². The van der Waals surface area contributed by atoms with Crippen molar-refractivity contribution in [1.29, 1.82) is 0 Å². The number of thioether (sulfide) groups is 1. The number of carbonyl (C=O) groups is 2. The van der Waals surface area contributed by atoms with E-state index in [1.165, 1.54) is 10.4 Å². The van der Waals surface area contributed by atoms with Gasteiger partial charge in [0.15, 0.2) is 0 Å². The summed E-state index contributed by atoms with van der Waals surface area (Å²) in [5.41, 5.74) is 0.944. The first-order valence-electron chi connectivity index (χ1n) is 9.10. The molecule has 1 aliphatic heterocycles. The molecule has 146 valence electrons. The van der Waals surface area contributed by atoms with Gasteiger partial charge in [0.2, 0.25) is 5.91 Å². The third-order valence-electron chi connectivity index (χ3n) is 4.32. The van der Waals surface area contributed by atoms with Gasteiger partial charge in [-0.1, -0.05) is 0 Å². The van der Waals surface area contributed by atoms with Crippen LogP contribution < -0.4 is 5.32 Å². The lowest BCUT2D eigenvalue weighted by Crippen LogP contribution is -2.52. The van der Waals surface area contributed by atoms with Crippen LogP contribution in [0.4, 0.5) is 4.79 Å². The minimum atomic E-state index is -0.283. The zero-order chi connectivity index (χ0) is 19.6. The van der Waals surface area contributed by atoms with E-state index in [1.54, 1.807) is 23.1 Å². The molecule has 7 heteroatoms. The zero-order valence-electron chi connectivity index (χ0n) is 16.8. The van der Waals surface area contributed by atoms with Crippen LogP contribution in [-0.4, -0.2) is 51.7 Å². The average Bonchev–Trinajstić information content (AvgIpc) is 3.03. The minimum absolute atomic E-state index is 0.0441. The van der Waals surface area contributed by atoms with E-state index in [0.29, 0.717) is 13.1 Å². The molecule has 0 aliphatic carbocycles. The Morgan fingerprint density at radius 1 is 1.38 bits per heavy atom. The monoisotopic (exact) mass is 397 g/mol. The molecule has 2 atom stereocenters. The summed E-state index contributed by atoms with van der Waals surface area (Å²) in [6, 6.07) is 2.09. The highest BCUT2D eigenvalue weighted by Gasteiger charge is 2.39. The molecule has 1 saturated heterocycles. The summed E-state index contributed by atoms with van der Waals surface area (Å²) in [6.45, 7) is 15.1. The minimum Gasteiger partial charge on any atom is -0.333 e. The van der Waals surface area contributed by atoms with Gasteiger partial charge in [-0.2, -0.15) is 0 Å². The normalized spacial score (nSPS) is 20.8. The van der Waals surface area contributed by atoms with Crippen molar-refractivity contribution in [2.24, 2.45) is 0 Å². The van der Waals surface area contributed by atoms with Crippen LogP contribution >= 0.6 is 23.1 Å². The van der Waals surface area contributed by atoms with Crippen molar-refractivity contribution in [1.82, 2.24) is 15.1 Å². The number of hydrogen-bond donors (Lipinski definition) is 1. The average molecular weight is 398 g/mol. The fraction of sp³-hybridized carbons (Fsp3) is 0.684. The van der Waals surface area contributed by atoms with Crippen LogP contribution in [-0.2, 0) is 4.79 Å². The Balaban J connectivity index is 2.12. The van der Waals surface area contributed by atoms with Gasteiger partial charge >= 0.3 is 6.03 Å². The maximum Gasteiger partial charge on any atom is 0.318 e. The van der Waals surface area contributed by atoms with Gasteiger partial charge in [-0.3, -0.25) is 4.79 Å². The highest BCUT2D eigenvalue weighted by atomic mass is 32.2. The Bertz CT molecular complexity index is 651. The largest absolute Gasteiger partial charge is 0.333 e. The molecule has 0 radical (unpaired) electrons. The van der Waals surface area contributed by atoms with Gasteiger partial charge in [-0.15, -0.1) is 23.1 Å². The molecule has 0 bridgehead atoms. The summed E-state index contributed by atoms with van der Waals surface area (Å²) in [5, 5.41) is 5.11. The van der Waals surface area contributed by atoms with Gasteiger partial charge in [0, 0.05) is 29.5 Å². The van der Waals surface area contributed by atoms with Crippen LogP contribution in [0.15, 0.2) is 11.4 Å². The lowest BCUT2D eigenvalue weighted by Gasteiger charge is -2.33. The van der Waals surface area contributed by atoms with Gasteiger partial charge in [-0.05, 0) is 65.5 Å². The van der Waals surface area contributed by atoms with E-state index >= 15 is 0 Å². The van der Waals surface area contributed by atoms with Crippen molar-refractivity contribution in [3.05, 3.63) is 21.9 Å². The van der Waals surface area contributed by atoms with Crippen molar-refractivity contribution < 1.29 is 9.59 Å². The predicted molar refractivity (Wildman–Crippen MR) is 111 cm³/mol. The molecule has 2 rings (SSSR count). The number of nitrogens with zero attached hydrogens (tertiary/aromatic N) is 2. The van der Waals surface area contributed by atoms with Crippen molar-refractivity contribution >= 4 is 35.0 Å². The van der Waals surface area contributed by atoms with Crippen LogP contribution in [0.25, 0.3) is 0 Å². The smallest absolute Gasteiger partial charge is 0.318 e. The van der Waals surface area contributed by atoms with Crippen LogP contribution in [0.5, 0.6) is 0 Å². The van der Waals surface area contributed by atoms with E-state index in [-0.39, 0.29) is 34.1 Å². The van der Waals surface area contributed by atoms with Gasteiger partial charge < -0.3 is 15.1 Å². The lowest BCUT2D eigenvalue weighted by atomic mass is 10.1. The molecule has 1 aromatic rings. The topological polar surface area (TPSA) is 52.7 Å². The first-order chi connectivity index (χ1) is 12.0. The Morgan fingerprint density at radius 2 is 2.04 bits per heavy atom. The molecule has 1 aliphatic rings. The molecule has 3 amide bonds. The van der Waals surface area contributed by atoms with Gasteiger partial charge in [0.05, 0.1) is 5.25 Å². The van der Waals surface area contributed by atoms with E-state index in [4.69, 9.17) is 0 Å². The Hall–Kier alpha value is -1.21. The number of carbonyl (C=O) groups excluding carboxylic acids is 2. The molecular weight excluding hydrogens is 366 g/mol. The molecule has 1 aromatic heterocycles. The van der Waals surface area contributed by atoms with Crippen molar-refractivity contribution in [3.8, 4) is 0 Å². The second kappa shape index (κ2) is 8.21. The third kappa shape index (κ3) is 4.94. The molecule has 26 heavy (non-hydrogen) atoms. The summed E-state index contributed by atoms with van der Waals surface area (Å²) in [5.74, 6) is 0.160. The molecule has 0 saturated carbocycles. The summed E-state index contributed by atoms with van der Waals surface area (Å²) in [7, 11) is 0. The molecular formula is C19H31N3O2S2. The third-order valence-corrected chi connectivity index (χ3v) is 6.90. The molecule has 0 aromatic carbocycles. The molecule has 1 N–H and O–H groups in total. The number of aryl methyl sites for hydroxylation is 1. The molecule has 0 unspecified atom stereocenters. The quantitative estimate of drug-likeness (QED) is 0.809. The molecule has 2 heterocycles. The van der Waals surface area contributed by atoms with Crippen LogP contribution in [0, 0.1) is 6.92 Å². The highest BCUT2D eigenvalue weighted by Crippen LogP contribution is 2.45. The SMILES string of the molecule is Cc1ccsc1[C@H]1S[C@H](C)C(=O)N1CCN(C(=O)NC(C)(C)C)C(C)C. The van der Waals surface area contributed by atoms with E-state index in [0.717, 1.165) is 0 Å². The fourth-order valence-electron chi connectivity index (χ4n) is 2.94. The van der Waals surface area contributed by atoms with E-state index in [2.05, 4.69) is 23.7 Å². The van der Waals surface area contributed by atoms with E-state index in [1.807, 2.05) is 51.3 Å². The van der Waals surface area contributed by atoms with Crippen molar-refractivity contribution in [2.75, 3.05) is 13.1 Å². The Morgan fingerprint density at radius 3 is 2.54 bits per heavy atom. The van der Waals surface area contributed by atoms with Gasteiger partial charge in [0.1, 0.15) is 5.37 Å². The van der Waals surface area contributed by atoms with Crippen molar-refractivity contribution in [2.45, 2.75) is 70.7 Å². The fourth-order valence-corrected chi connectivity index (χ4v) is 5.50. The van der Waals surface area contributed by atoms with E-state index in [9.17, 15) is 9.59 Å². The van der Waals surface area contributed by atoms with Crippen LogP contribution in [0.1, 0.15) is 57.4 Å². The van der Waals surface area contributed by atoms with E-state index < -0.39 is 0 Å². The first-order valence-corrected chi connectivity index (χ1v) is 10.9. The number of thiophene rings is 1. The second-order valence-electron chi connectivity index (χ2n) is 8.10. The Kier molecular flexibility index (Phi) is 6.66. The summed E-state index contributed by atoms with van der Waals surface area (Å²) < 4.78 is 0. The van der Waals surface area contributed by atoms with Crippen LogP contribution in [0.2, 0.25) is 0 Å². The number of rotatable bonds is 5. The predicted octanol–water partition coefficient (Wildman–Crippen LogP) is 4.24. The summed E-state index contributed by atoms with van der Waals surface area (Å²) >= 11 is 3.40. The maximum absolute atomic E-state index is 12.7. The van der Waals surface area contributed by atoms with Crippen LogP contribution in [0.3, 0.4) is 0 Å². The number of nitrogens with one attached hydrogen (secondary N) is 1. The molecule has 1 fully saturated rings. The van der Waals surface area contributed by atoms with Gasteiger partial charge in [0.25, 0.3) is 0 Å². The summed E-state index contributed by atoms with van der Waals surface area (Å²) in [4.78, 5) is 30.3. The zero-order valence-corrected chi connectivity index (χ0v) is 18.5. The number of urea groups is 1. The standard InChI is InChI=1S/C19H31N3O2S2/c1-12(2)21(18(24)20-19(5,6)7)9-10-22-16(23)14(4)26-17(22)15-13(3)8-11-25-15/h8,11-12,14,17H,9-10H2,1-7H3,(H,20,24)/t14-,17-/m1/s1.